The maximum absolute atomic E-state index is 13.6. The second-order valence-electron chi connectivity index (χ2n) is 11.7. The normalized spacial score (nSPS) is 18.4. The number of nitrogens with zero attached hydrogens (tertiary/aromatic N) is 1. The van der Waals surface area contributed by atoms with Gasteiger partial charge in [0.05, 0.1) is 0 Å². The summed E-state index contributed by atoms with van der Waals surface area (Å²) in [5, 5.41) is 3.19. The summed E-state index contributed by atoms with van der Waals surface area (Å²) in [6.45, 7) is 13.2. The van der Waals surface area contributed by atoms with Crippen molar-refractivity contribution >= 4 is 29.0 Å². The van der Waals surface area contributed by atoms with Gasteiger partial charge >= 0.3 is 0 Å². The fourth-order valence-corrected chi connectivity index (χ4v) is 5.48. The van der Waals surface area contributed by atoms with Crippen molar-refractivity contribution < 1.29 is 14.4 Å². The van der Waals surface area contributed by atoms with E-state index in [1.54, 1.807) is 0 Å². The smallest absolute Gasteiger partial charge is 0.227 e. The molecule has 0 spiro atoms. The van der Waals surface area contributed by atoms with Crippen LogP contribution in [0.3, 0.4) is 0 Å². The Morgan fingerprint density at radius 1 is 0.895 bits per heavy atom. The van der Waals surface area contributed by atoms with E-state index in [2.05, 4.69) is 51.2 Å². The van der Waals surface area contributed by atoms with Crippen LogP contribution < -0.4 is 10.2 Å². The highest BCUT2D eigenvalue weighted by molar-refractivity contribution is 5.97. The Hall–Kier alpha value is -2.95. The topological polar surface area (TPSA) is 66.5 Å². The lowest BCUT2D eigenvalue weighted by atomic mass is 9.82. The third-order valence-electron chi connectivity index (χ3n) is 7.84. The number of benzene rings is 2. The number of ketones is 1. The Balaban J connectivity index is 1.80. The van der Waals surface area contributed by atoms with E-state index in [-0.39, 0.29) is 48.2 Å². The third kappa shape index (κ3) is 7.78. The van der Waals surface area contributed by atoms with Gasteiger partial charge in [-0.1, -0.05) is 83.4 Å². The second kappa shape index (κ2) is 13.7. The van der Waals surface area contributed by atoms with E-state index in [1.165, 1.54) is 0 Å². The average Bonchev–Trinajstić information content (AvgIpc) is 2.89. The van der Waals surface area contributed by atoms with Gasteiger partial charge in [0.2, 0.25) is 11.8 Å². The van der Waals surface area contributed by atoms with E-state index in [4.69, 9.17) is 0 Å². The lowest BCUT2D eigenvalue weighted by Gasteiger charge is -2.27. The molecule has 1 saturated heterocycles. The van der Waals surface area contributed by atoms with Gasteiger partial charge in [-0.05, 0) is 60.8 Å². The molecule has 1 fully saturated rings. The largest absolute Gasteiger partial charge is 0.326 e. The first-order chi connectivity index (χ1) is 18.1. The average molecular weight is 519 g/mol. The molecule has 0 radical (unpaired) electrons. The van der Waals surface area contributed by atoms with Gasteiger partial charge in [0.25, 0.3) is 0 Å². The van der Waals surface area contributed by atoms with Crippen LogP contribution >= 0.6 is 0 Å². The van der Waals surface area contributed by atoms with Crippen molar-refractivity contribution in [2.45, 2.75) is 98.3 Å². The number of carbonyl (C=O) groups excluding carboxylic acids is 3. The number of carbonyl (C=O) groups is 3. The Labute approximate surface area is 229 Å². The molecule has 5 heteroatoms. The van der Waals surface area contributed by atoms with Crippen LogP contribution in [-0.2, 0) is 14.4 Å². The molecule has 1 N–H and O–H groups in total. The Kier molecular flexibility index (Phi) is 10.7. The molecular weight excluding hydrogens is 472 g/mol. The predicted octanol–water partition coefficient (Wildman–Crippen LogP) is 7.78. The number of rotatable bonds is 7. The summed E-state index contributed by atoms with van der Waals surface area (Å²) >= 11 is 0. The van der Waals surface area contributed by atoms with Crippen molar-refractivity contribution in [2.75, 3.05) is 16.8 Å². The summed E-state index contributed by atoms with van der Waals surface area (Å²) in [6.07, 6.45) is 4.56. The molecule has 206 valence electrons. The van der Waals surface area contributed by atoms with Crippen molar-refractivity contribution in [2.24, 2.45) is 11.8 Å². The maximum atomic E-state index is 13.6. The zero-order valence-corrected chi connectivity index (χ0v) is 24.2. The minimum Gasteiger partial charge on any atom is -0.326 e. The van der Waals surface area contributed by atoms with E-state index >= 15 is 0 Å². The van der Waals surface area contributed by atoms with E-state index in [0.29, 0.717) is 13.0 Å². The van der Waals surface area contributed by atoms with Gasteiger partial charge in [0.15, 0.2) is 0 Å². The summed E-state index contributed by atoms with van der Waals surface area (Å²) in [5.41, 5.74) is 5.15. The lowest BCUT2D eigenvalue weighted by molar-refractivity contribution is -0.130. The van der Waals surface area contributed by atoms with Crippen LogP contribution in [-0.4, -0.2) is 24.1 Å². The lowest BCUT2D eigenvalue weighted by Crippen LogP contribution is -2.36. The molecule has 38 heavy (non-hydrogen) atoms. The van der Waals surface area contributed by atoms with Gasteiger partial charge < -0.3 is 10.2 Å². The molecule has 2 atom stereocenters. The Morgan fingerprint density at radius 2 is 1.50 bits per heavy atom. The van der Waals surface area contributed by atoms with E-state index in [1.807, 2.05) is 43.0 Å². The van der Waals surface area contributed by atoms with Gasteiger partial charge in [-0.3, -0.25) is 14.4 Å². The molecule has 2 aromatic carbocycles. The standard InChI is InChI=1S/C33H46N2O3/c1-22(2)27-12-11-13-28(23(3)4)33(27)34-31(37)20-25(6)29-21-32(38)35(26-17-15-24(5)16-18-26)19-10-8-7-9-14-30(29)36/h11-13,15-18,22-23,25,29H,7-10,14,19-21H2,1-6H3,(H,34,37)/t25-,29?/m1/s1. The first kappa shape index (κ1) is 29.6. The number of Topliss-reactive ketones (excluding diaryl/α,β-unsaturated/α-hetero) is 1. The van der Waals surface area contributed by atoms with E-state index in [0.717, 1.165) is 53.7 Å². The first-order valence-electron chi connectivity index (χ1n) is 14.4. The van der Waals surface area contributed by atoms with Crippen LogP contribution in [0.1, 0.15) is 108 Å². The highest BCUT2D eigenvalue weighted by atomic mass is 16.2. The van der Waals surface area contributed by atoms with Crippen LogP contribution in [0.4, 0.5) is 11.4 Å². The molecule has 5 nitrogen and oxygen atoms in total. The minimum absolute atomic E-state index is 0.0337. The molecule has 0 saturated carbocycles. The van der Waals surface area contributed by atoms with E-state index in [9.17, 15) is 14.4 Å². The minimum atomic E-state index is -0.468. The molecule has 0 aromatic heterocycles. The van der Waals surface area contributed by atoms with Gasteiger partial charge in [-0.15, -0.1) is 0 Å². The number of amides is 2. The maximum Gasteiger partial charge on any atom is 0.227 e. The van der Waals surface area contributed by atoms with Crippen LogP contribution in [0, 0.1) is 18.8 Å². The molecular formula is C33H46N2O3. The molecule has 2 amide bonds. The van der Waals surface area contributed by atoms with Crippen LogP contribution in [0.5, 0.6) is 0 Å². The quantitative estimate of drug-likeness (QED) is 0.407. The highest BCUT2D eigenvalue weighted by Gasteiger charge is 2.31. The van der Waals surface area contributed by atoms with E-state index < -0.39 is 5.92 Å². The SMILES string of the molecule is Cc1ccc(N2CCCCCCC(=O)C([C@H](C)CC(=O)Nc3c(C(C)C)cccc3C(C)C)CC2=O)cc1. The number of hydrogen-bond acceptors (Lipinski definition) is 3. The molecule has 0 bridgehead atoms. The number of aryl methyl sites for hydroxylation is 1. The van der Waals surface area contributed by atoms with Crippen molar-refractivity contribution in [3.63, 3.8) is 0 Å². The molecule has 0 aliphatic carbocycles. The monoisotopic (exact) mass is 518 g/mol. The van der Waals surface area contributed by atoms with Gasteiger partial charge in [0, 0.05) is 43.1 Å². The summed E-state index contributed by atoms with van der Waals surface area (Å²) < 4.78 is 0. The zero-order valence-electron chi connectivity index (χ0n) is 24.2. The number of para-hydroxylation sites is 1. The number of anilines is 2. The predicted molar refractivity (Wildman–Crippen MR) is 157 cm³/mol. The van der Waals surface area contributed by atoms with Gasteiger partial charge in [-0.2, -0.15) is 0 Å². The van der Waals surface area contributed by atoms with Crippen molar-refractivity contribution in [3.8, 4) is 0 Å². The number of hydrogen-bond donors (Lipinski definition) is 1. The highest BCUT2D eigenvalue weighted by Crippen LogP contribution is 2.33. The van der Waals surface area contributed by atoms with Crippen LogP contribution in [0.2, 0.25) is 0 Å². The fourth-order valence-electron chi connectivity index (χ4n) is 5.48. The summed E-state index contributed by atoms with van der Waals surface area (Å²) in [6, 6.07) is 14.2. The van der Waals surface area contributed by atoms with Crippen molar-refractivity contribution in [1.29, 1.82) is 0 Å². The Bertz CT molecular complexity index is 1080. The number of nitrogens with one attached hydrogen (secondary N) is 1. The van der Waals surface area contributed by atoms with Crippen molar-refractivity contribution in [3.05, 3.63) is 59.2 Å². The van der Waals surface area contributed by atoms with Gasteiger partial charge in [-0.25, -0.2) is 0 Å². The Morgan fingerprint density at radius 3 is 2.11 bits per heavy atom. The van der Waals surface area contributed by atoms with Crippen LogP contribution in [0.25, 0.3) is 0 Å². The first-order valence-corrected chi connectivity index (χ1v) is 14.4. The molecule has 2 aromatic rings. The molecule has 1 aliphatic rings. The molecule has 1 unspecified atom stereocenters. The van der Waals surface area contributed by atoms with Gasteiger partial charge in [0.1, 0.15) is 5.78 Å². The third-order valence-corrected chi connectivity index (χ3v) is 7.84. The van der Waals surface area contributed by atoms with Crippen molar-refractivity contribution in [1.82, 2.24) is 0 Å². The summed E-state index contributed by atoms with van der Waals surface area (Å²) in [7, 11) is 0. The molecule has 3 rings (SSSR count). The second-order valence-corrected chi connectivity index (χ2v) is 11.7. The van der Waals surface area contributed by atoms with Crippen LogP contribution in [0.15, 0.2) is 42.5 Å². The molecule has 1 aliphatic heterocycles. The fraction of sp³-hybridized carbons (Fsp3) is 0.545. The zero-order chi connectivity index (χ0) is 27.8. The summed E-state index contributed by atoms with van der Waals surface area (Å²) in [5.74, 6) is -0.183. The molecule has 1 heterocycles. The summed E-state index contributed by atoms with van der Waals surface area (Å²) in [4.78, 5) is 42.1.